The molecule has 0 radical (unpaired) electrons. The first-order valence-electron chi connectivity index (χ1n) is 11.4. The fraction of sp³-hybridized carbons (Fsp3) is 0.500. The van der Waals surface area contributed by atoms with Crippen molar-refractivity contribution in [3.63, 3.8) is 0 Å². The minimum Gasteiger partial charge on any atom is -0.491 e. The zero-order valence-corrected chi connectivity index (χ0v) is 18.8. The van der Waals surface area contributed by atoms with Gasteiger partial charge in [-0.15, -0.1) is 0 Å². The fourth-order valence-corrected chi connectivity index (χ4v) is 5.20. The van der Waals surface area contributed by atoms with Crippen LogP contribution in [0.4, 0.5) is 4.39 Å². The molecule has 1 amide bonds. The summed E-state index contributed by atoms with van der Waals surface area (Å²) in [6, 6.07) is 14.6. The fourth-order valence-electron chi connectivity index (χ4n) is 5.20. The first kappa shape index (κ1) is 21.8. The molecule has 1 heterocycles. The molecule has 4 rings (SSSR count). The van der Waals surface area contributed by atoms with E-state index in [0.717, 1.165) is 42.8 Å². The van der Waals surface area contributed by atoms with Gasteiger partial charge in [0.1, 0.15) is 11.6 Å². The minimum absolute atomic E-state index is 0.125. The van der Waals surface area contributed by atoms with Crippen LogP contribution in [0.25, 0.3) is 0 Å². The van der Waals surface area contributed by atoms with E-state index in [1.54, 1.807) is 12.1 Å². The van der Waals surface area contributed by atoms with Crippen LogP contribution in [0.15, 0.2) is 48.5 Å². The highest BCUT2D eigenvalue weighted by atomic mass is 19.1. The van der Waals surface area contributed by atoms with E-state index in [1.807, 2.05) is 43.0 Å². The molecular weight excluding hydrogens is 391 g/mol. The van der Waals surface area contributed by atoms with Crippen molar-refractivity contribution in [1.29, 1.82) is 0 Å². The summed E-state index contributed by atoms with van der Waals surface area (Å²) in [7, 11) is 2.18. The number of hydrogen-bond donors (Lipinski definition) is 0. The molecule has 4 nitrogen and oxygen atoms in total. The van der Waals surface area contributed by atoms with Gasteiger partial charge in [0.05, 0.1) is 12.5 Å². The van der Waals surface area contributed by atoms with Crippen molar-refractivity contribution >= 4 is 5.91 Å². The molecule has 166 valence electrons. The second kappa shape index (κ2) is 9.39. The number of likely N-dealkylation sites (tertiary alicyclic amines) is 1. The highest BCUT2D eigenvalue weighted by Gasteiger charge is 2.42. The minimum atomic E-state index is -0.247. The normalized spacial score (nSPS) is 23.2. The zero-order valence-electron chi connectivity index (χ0n) is 18.8. The topological polar surface area (TPSA) is 32.8 Å². The smallest absolute Gasteiger partial charge is 0.227 e. The van der Waals surface area contributed by atoms with Crippen molar-refractivity contribution in [3.8, 4) is 5.75 Å². The quantitative estimate of drug-likeness (QED) is 0.655. The van der Waals surface area contributed by atoms with Crippen molar-refractivity contribution in [2.24, 2.45) is 11.8 Å². The molecule has 0 aromatic heterocycles. The van der Waals surface area contributed by atoms with Gasteiger partial charge in [-0.2, -0.15) is 0 Å². The maximum absolute atomic E-state index is 13.4. The van der Waals surface area contributed by atoms with Crippen LogP contribution < -0.4 is 4.74 Å². The third kappa shape index (κ3) is 5.45. The van der Waals surface area contributed by atoms with E-state index < -0.39 is 0 Å². The molecule has 3 atom stereocenters. The lowest BCUT2D eigenvalue weighted by atomic mass is 10.0. The maximum atomic E-state index is 13.4. The molecule has 31 heavy (non-hydrogen) atoms. The number of halogens is 1. The molecule has 2 fully saturated rings. The molecule has 1 saturated carbocycles. The van der Waals surface area contributed by atoms with Crippen molar-refractivity contribution in [1.82, 2.24) is 9.80 Å². The predicted octanol–water partition coefficient (Wildman–Crippen LogP) is 4.52. The second-order valence-electron chi connectivity index (χ2n) is 9.50. The summed E-state index contributed by atoms with van der Waals surface area (Å²) in [5.74, 6) is 2.06. The lowest BCUT2D eigenvalue weighted by molar-refractivity contribution is -0.133. The number of carbonyl (C=O) groups is 1. The van der Waals surface area contributed by atoms with Crippen LogP contribution in [-0.2, 0) is 17.8 Å². The number of rotatable bonds is 7. The van der Waals surface area contributed by atoms with Gasteiger partial charge in [-0.05, 0) is 81.0 Å². The maximum Gasteiger partial charge on any atom is 0.227 e. The number of hydrogen-bond acceptors (Lipinski definition) is 3. The van der Waals surface area contributed by atoms with Crippen molar-refractivity contribution in [2.45, 2.75) is 51.8 Å². The number of nitrogens with zero attached hydrogens (tertiary/aromatic N) is 2. The summed E-state index contributed by atoms with van der Waals surface area (Å²) >= 11 is 0. The Morgan fingerprint density at radius 1 is 1.03 bits per heavy atom. The van der Waals surface area contributed by atoms with Gasteiger partial charge in [0.2, 0.25) is 5.91 Å². The van der Waals surface area contributed by atoms with Gasteiger partial charge < -0.3 is 14.5 Å². The van der Waals surface area contributed by atoms with Crippen LogP contribution in [-0.4, -0.2) is 48.0 Å². The molecule has 5 heteroatoms. The first-order chi connectivity index (χ1) is 14.9. The zero-order chi connectivity index (χ0) is 22.0. The SMILES string of the molecule is CC(C)Oc1ccc(CC(=O)N(Cc2ccc(F)cc2)[C@H]2C[C@@H]3CN(C)C[C@@H]3C2)cc1. The molecule has 1 aliphatic carbocycles. The standard InChI is InChI=1S/C26H33FN2O2/c1-18(2)31-25-10-6-19(7-11-25)12-26(30)29(15-20-4-8-23(27)9-5-20)24-13-21-16-28(3)17-22(21)14-24/h4-11,18,21-22,24H,12-17H2,1-3H3/t21-,22+,24+. The van der Waals surface area contributed by atoms with Crippen LogP contribution in [0.2, 0.25) is 0 Å². The number of amides is 1. The van der Waals surface area contributed by atoms with E-state index in [9.17, 15) is 9.18 Å². The molecule has 0 unspecified atom stereocenters. The second-order valence-corrected chi connectivity index (χ2v) is 9.50. The first-order valence-corrected chi connectivity index (χ1v) is 11.4. The van der Waals surface area contributed by atoms with Crippen LogP contribution in [0, 0.1) is 17.7 Å². The summed E-state index contributed by atoms with van der Waals surface area (Å²) < 4.78 is 19.1. The molecular formula is C26H33FN2O2. The molecule has 1 saturated heterocycles. The molecule has 1 aliphatic heterocycles. The van der Waals surface area contributed by atoms with Crippen LogP contribution in [0.1, 0.15) is 37.8 Å². The summed E-state index contributed by atoms with van der Waals surface area (Å²) in [4.78, 5) is 17.9. The monoisotopic (exact) mass is 424 g/mol. The molecule has 0 spiro atoms. The van der Waals surface area contributed by atoms with Crippen molar-refractivity contribution in [3.05, 3.63) is 65.5 Å². The van der Waals surface area contributed by atoms with Gasteiger partial charge in [0.15, 0.2) is 0 Å². The third-order valence-corrected chi connectivity index (χ3v) is 6.59. The van der Waals surface area contributed by atoms with Gasteiger partial charge in [-0.3, -0.25) is 4.79 Å². The van der Waals surface area contributed by atoms with E-state index in [0.29, 0.717) is 24.8 Å². The molecule has 0 N–H and O–H groups in total. The largest absolute Gasteiger partial charge is 0.491 e. The Bertz CT molecular complexity index is 867. The average Bonchev–Trinajstić information content (AvgIpc) is 3.25. The van der Waals surface area contributed by atoms with E-state index in [2.05, 4.69) is 11.9 Å². The van der Waals surface area contributed by atoms with Crippen LogP contribution >= 0.6 is 0 Å². The average molecular weight is 425 g/mol. The number of carbonyl (C=O) groups excluding carboxylic acids is 1. The van der Waals surface area contributed by atoms with Crippen LogP contribution in [0.3, 0.4) is 0 Å². The number of ether oxygens (including phenoxy) is 1. The summed E-state index contributed by atoms with van der Waals surface area (Å²) in [6.45, 7) is 6.78. The number of benzene rings is 2. The summed E-state index contributed by atoms with van der Waals surface area (Å²) in [5, 5.41) is 0. The number of fused-ring (bicyclic) bond motifs is 1. The Morgan fingerprint density at radius 2 is 1.61 bits per heavy atom. The van der Waals surface area contributed by atoms with Gasteiger partial charge in [0.25, 0.3) is 0 Å². The van der Waals surface area contributed by atoms with Crippen molar-refractivity contribution < 1.29 is 13.9 Å². The van der Waals surface area contributed by atoms with Gasteiger partial charge in [-0.25, -0.2) is 4.39 Å². The Labute approximate surface area is 185 Å². The Balaban J connectivity index is 1.48. The predicted molar refractivity (Wildman–Crippen MR) is 120 cm³/mol. The summed E-state index contributed by atoms with van der Waals surface area (Å²) in [5.41, 5.74) is 1.97. The molecule has 2 aromatic rings. The Morgan fingerprint density at radius 3 is 2.19 bits per heavy atom. The van der Waals surface area contributed by atoms with Crippen molar-refractivity contribution in [2.75, 3.05) is 20.1 Å². The van der Waals surface area contributed by atoms with E-state index in [4.69, 9.17) is 4.74 Å². The van der Waals surface area contributed by atoms with E-state index in [-0.39, 0.29) is 23.9 Å². The Kier molecular flexibility index (Phi) is 6.61. The molecule has 2 aliphatic rings. The highest BCUT2D eigenvalue weighted by molar-refractivity contribution is 5.79. The van der Waals surface area contributed by atoms with Gasteiger partial charge in [0, 0.05) is 25.7 Å². The molecule has 2 aromatic carbocycles. The van der Waals surface area contributed by atoms with E-state index in [1.165, 1.54) is 12.1 Å². The van der Waals surface area contributed by atoms with Crippen LogP contribution in [0.5, 0.6) is 5.75 Å². The highest BCUT2D eigenvalue weighted by Crippen LogP contribution is 2.40. The van der Waals surface area contributed by atoms with E-state index >= 15 is 0 Å². The van der Waals surface area contributed by atoms with Gasteiger partial charge >= 0.3 is 0 Å². The summed E-state index contributed by atoms with van der Waals surface area (Å²) in [6.07, 6.45) is 2.61. The lowest BCUT2D eigenvalue weighted by Gasteiger charge is -2.30. The van der Waals surface area contributed by atoms with Gasteiger partial charge in [-0.1, -0.05) is 24.3 Å². The molecule has 0 bridgehead atoms. The Hall–Kier alpha value is -2.40. The third-order valence-electron chi connectivity index (χ3n) is 6.59. The lowest BCUT2D eigenvalue weighted by Crippen LogP contribution is -2.40.